The third-order valence-electron chi connectivity index (χ3n) is 3.42. The molecule has 3 rings (SSSR count). The Bertz CT molecular complexity index is 734. The molecule has 0 radical (unpaired) electrons. The zero-order valence-electron chi connectivity index (χ0n) is 12.9. The second kappa shape index (κ2) is 8.52. The Morgan fingerprint density at radius 2 is 1.87 bits per heavy atom. The first-order chi connectivity index (χ1) is 10.8. The van der Waals surface area contributed by atoms with Gasteiger partial charge in [0, 0.05) is 24.5 Å². The number of hydrogen-bond acceptors (Lipinski definition) is 2. The first-order valence-electron chi connectivity index (χ1n) is 7.26. The highest BCUT2D eigenvalue weighted by Gasteiger charge is 2.02. The molecule has 1 aromatic carbocycles. The van der Waals surface area contributed by atoms with Crippen LogP contribution in [0.15, 0.2) is 59.7 Å². The minimum absolute atomic E-state index is 0. The van der Waals surface area contributed by atoms with E-state index >= 15 is 0 Å². The van der Waals surface area contributed by atoms with Crippen molar-refractivity contribution in [3.8, 4) is 0 Å². The Hall–Kier alpha value is -2.09. The molecule has 0 aliphatic rings. The fourth-order valence-corrected chi connectivity index (χ4v) is 2.31. The molecule has 0 bridgehead atoms. The summed E-state index contributed by atoms with van der Waals surface area (Å²) in [5, 5.41) is 7.77. The SMILES string of the molecule is CN=C(NCc1ccccn1)NCc1cc2ccccc2[nH]1.I. The zero-order valence-corrected chi connectivity index (χ0v) is 15.2. The van der Waals surface area contributed by atoms with E-state index in [2.05, 4.69) is 43.8 Å². The van der Waals surface area contributed by atoms with Gasteiger partial charge in [-0.25, -0.2) is 0 Å². The maximum absolute atomic E-state index is 4.28. The second-order valence-corrected chi connectivity index (χ2v) is 4.98. The van der Waals surface area contributed by atoms with Crippen molar-refractivity contribution >= 4 is 40.8 Å². The quantitative estimate of drug-likeness (QED) is 0.345. The summed E-state index contributed by atoms with van der Waals surface area (Å²) in [5.41, 5.74) is 3.26. The molecule has 3 N–H and O–H groups in total. The van der Waals surface area contributed by atoms with Crippen LogP contribution in [-0.2, 0) is 13.1 Å². The van der Waals surface area contributed by atoms with E-state index in [1.807, 2.05) is 30.3 Å². The summed E-state index contributed by atoms with van der Waals surface area (Å²) >= 11 is 0. The molecule has 3 aromatic rings. The second-order valence-electron chi connectivity index (χ2n) is 4.98. The molecule has 6 heteroatoms. The third-order valence-corrected chi connectivity index (χ3v) is 3.42. The molecule has 5 nitrogen and oxygen atoms in total. The van der Waals surface area contributed by atoms with Crippen LogP contribution >= 0.6 is 24.0 Å². The number of pyridine rings is 1. The lowest BCUT2D eigenvalue weighted by atomic mass is 10.2. The summed E-state index contributed by atoms with van der Waals surface area (Å²) in [4.78, 5) is 11.9. The Labute approximate surface area is 152 Å². The first-order valence-corrected chi connectivity index (χ1v) is 7.26. The van der Waals surface area contributed by atoms with Gasteiger partial charge in [-0.3, -0.25) is 9.98 Å². The van der Waals surface area contributed by atoms with E-state index in [4.69, 9.17) is 0 Å². The number of benzene rings is 1. The van der Waals surface area contributed by atoms with Gasteiger partial charge in [0.25, 0.3) is 0 Å². The molecule has 23 heavy (non-hydrogen) atoms. The predicted molar refractivity (Wildman–Crippen MR) is 105 cm³/mol. The number of para-hydroxylation sites is 1. The van der Waals surface area contributed by atoms with Crippen molar-refractivity contribution in [1.29, 1.82) is 0 Å². The van der Waals surface area contributed by atoms with Crippen molar-refractivity contribution in [2.45, 2.75) is 13.1 Å². The summed E-state index contributed by atoms with van der Waals surface area (Å²) in [6.07, 6.45) is 1.79. The number of nitrogens with zero attached hydrogens (tertiary/aromatic N) is 2. The van der Waals surface area contributed by atoms with Gasteiger partial charge < -0.3 is 15.6 Å². The fraction of sp³-hybridized carbons (Fsp3) is 0.176. The van der Waals surface area contributed by atoms with Gasteiger partial charge in [-0.1, -0.05) is 24.3 Å². The van der Waals surface area contributed by atoms with Crippen molar-refractivity contribution in [2.75, 3.05) is 7.05 Å². The van der Waals surface area contributed by atoms with Crippen LogP contribution in [0.2, 0.25) is 0 Å². The van der Waals surface area contributed by atoms with Crippen LogP contribution in [0.3, 0.4) is 0 Å². The van der Waals surface area contributed by atoms with E-state index < -0.39 is 0 Å². The molecule has 120 valence electrons. The van der Waals surface area contributed by atoms with Crippen molar-refractivity contribution < 1.29 is 0 Å². The standard InChI is InChI=1S/C17H19N5.HI/c1-18-17(20-11-14-7-4-5-9-19-14)21-12-15-10-13-6-2-3-8-16(13)22-15;/h2-10,22H,11-12H2,1H3,(H2,18,20,21);1H. The minimum atomic E-state index is 0. The summed E-state index contributed by atoms with van der Waals surface area (Å²) < 4.78 is 0. The van der Waals surface area contributed by atoms with E-state index in [0.29, 0.717) is 13.1 Å². The lowest BCUT2D eigenvalue weighted by Crippen LogP contribution is -2.36. The predicted octanol–water partition coefficient (Wildman–Crippen LogP) is 3.05. The Morgan fingerprint density at radius 3 is 2.61 bits per heavy atom. The van der Waals surface area contributed by atoms with Crippen LogP contribution in [-0.4, -0.2) is 23.0 Å². The highest BCUT2D eigenvalue weighted by molar-refractivity contribution is 14.0. The normalized spacial score (nSPS) is 11.1. The lowest BCUT2D eigenvalue weighted by Gasteiger charge is -2.10. The molecule has 0 spiro atoms. The van der Waals surface area contributed by atoms with E-state index in [9.17, 15) is 0 Å². The van der Waals surface area contributed by atoms with E-state index in [0.717, 1.165) is 22.9 Å². The number of aromatic nitrogens is 2. The zero-order chi connectivity index (χ0) is 15.2. The molecule has 0 unspecified atom stereocenters. The maximum atomic E-state index is 4.28. The topological polar surface area (TPSA) is 65.1 Å². The van der Waals surface area contributed by atoms with Crippen LogP contribution in [0.25, 0.3) is 10.9 Å². The molecule has 2 aromatic heterocycles. The summed E-state index contributed by atoms with van der Waals surface area (Å²) in [6.45, 7) is 1.34. The molecule has 0 aliphatic carbocycles. The highest BCUT2D eigenvalue weighted by atomic mass is 127. The van der Waals surface area contributed by atoms with Gasteiger partial charge in [-0.05, 0) is 29.7 Å². The Balaban J connectivity index is 0.00000192. The molecule has 0 fully saturated rings. The van der Waals surface area contributed by atoms with Gasteiger partial charge in [0.1, 0.15) is 0 Å². The van der Waals surface area contributed by atoms with Crippen LogP contribution in [0, 0.1) is 0 Å². The molecular formula is C17H20IN5. The monoisotopic (exact) mass is 421 g/mol. The van der Waals surface area contributed by atoms with E-state index in [-0.39, 0.29) is 24.0 Å². The number of guanidine groups is 1. The van der Waals surface area contributed by atoms with Crippen molar-refractivity contribution in [3.63, 3.8) is 0 Å². The molecule has 0 aliphatic heterocycles. The number of H-pyrrole nitrogens is 1. The number of nitrogens with one attached hydrogen (secondary N) is 3. The van der Waals surface area contributed by atoms with Crippen LogP contribution < -0.4 is 10.6 Å². The maximum Gasteiger partial charge on any atom is 0.191 e. The molecule has 0 saturated carbocycles. The van der Waals surface area contributed by atoms with Crippen LogP contribution in [0.4, 0.5) is 0 Å². The largest absolute Gasteiger partial charge is 0.357 e. The van der Waals surface area contributed by atoms with Gasteiger partial charge in [-0.15, -0.1) is 24.0 Å². The molecule has 0 atom stereocenters. The van der Waals surface area contributed by atoms with Crippen molar-refractivity contribution in [1.82, 2.24) is 20.6 Å². The number of rotatable bonds is 4. The summed E-state index contributed by atoms with van der Waals surface area (Å²) in [7, 11) is 1.76. The number of hydrogen-bond donors (Lipinski definition) is 3. The number of fused-ring (bicyclic) bond motifs is 1. The summed E-state index contributed by atoms with van der Waals surface area (Å²) in [6, 6.07) is 16.3. The third kappa shape index (κ3) is 4.69. The number of aromatic amines is 1. The van der Waals surface area contributed by atoms with Crippen LogP contribution in [0.1, 0.15) is 11.4 Å². The lowest BCUT2D eigenvalue weighted by molar-refractivity contribution is 0.787. The number of halogens is 1. The smallest absolute Gasteiger partial charge is 0.191 e. The van der Waals surface area contributed by atoms with Gasteiger partial charge in [0.2, 0.25) is 0 Å². The van der Waals surface area contributed by atoms with E-state index in [1.165, 1.54) is 5.39 Å². The first kappa shape index (κ1) is 17.3. The minimum Gasteiger partial charge on any atom is -0.357 e. The Kier molecular flexibility index (Phi) is 6.40. The molecular weight excluding hydrogens is 401 g/mol. The van der Waals surface area contributed by atoms with Gasteiger partial charge in [-0.2, -0.15) is 0 Å². The molecule has 2 heterocycles. The van der Waals surface area contributed by atoms with Crippen molar-refractivity contribution in [2.24, 2.45) is 4.99 Å². The average Bonchev–Trinajstić information content (AvgIpc) is 2.99. The van der Waals surface area contributed by atoms with Gasteiger partial charge in [0.05, 0.1) is 18.8 Å². The highest BCUT2D eigenvalue weighted by Crippen LogP contribution is 2.14. The van der Waals surface area contributed by atoms with Crippen molar-refractivity contribution in [3.05, 3.63) is 66.1 Å². The Morgan fingerprint density at radius 1 is 1.09 bits per heavy atom. The van der Waals surface area contributed by atoms with Crippen LogP contribution in [0.5, 0.6) is 0 Å². The molecule has 0 amide bonds. The molecule has 0 saturated heterocycles. The summed E-state index contributed by atoms with van der Waals surface area (Å²) in [5.74, 6) is 0.754. The van der Waals surface area contributed by atoms with Gasteiger partial charge in [0.15, 0.2) is 5.96 Å². The number of aliphatic imine (C=N–C) groups is 1. The average molecular weight is 421 g/mol. The van der Waals surface area contributed by atoms with E-state index in [1.54, 1.807) is 13.2 Å². The fourth-order valence-electron chi connectivity index (χ4n) is 2.31. The van der Waals surface area contributed by atoms with Gasteiger partial charge >= 0.3 is 0 Å².